The van der Waals surface area contributed by atoms with E-state index in [1.807, 2.05) is 0 Å². The third kappa shape index (κ3) is 3.90. The summed E-state index contributed by atoms with van der Waals surface area (Å²) in [4.78, 5) is 41.2. The number of rotatable bonds is 5. The molecule has 1 aromatic carbocycles. The van der Waals surface area contributed by atoms with Gasteiger partial charge in [0.2, 0.25) is 0 Å². The molecule has 1 aliphatic heterocycles. The number of carbonyl (C=O) groups is 3. The van der Waals surface area contributed by atoms with Crippen LogP contribution in [0.1, 0.15) is 32.3 Å². The van der Waals surface area contributed by atoms with Gasteiger partial charge < -0.3 is 18.9 Å². The van der Waals surface area contributed by atoms with Crippen molar-refractivity contribution in [3.63, 3.8) is 0 Å². The van der Waals surface area contributed by atoms with Gasteiger partial charge in [-0.3, -0.25) is 14.6 Å². The summed E-state index contributed by atoms with van der Waals surface area (Å²) < 4.78 is 20.6. The van der Waals surface area contributed by atoms with E-state index in [0.29, 0.717) is 22.7 Å². The van der Waals surface area contributed by atoms with Gasteiger partial charge in [0.25, 0.3) is 0 Å². The highest BCUT2D eigenvalue weighted by molar-refractivity contribution is 6.07. The van der Waals surface area contributed by atoms with Crippen LogP contribution in [0.3, 0.4) is 0 Å². The fourth-order valence-electron chi connectivity index (χ4n) is 3.37. The van der Waals surface area contributed by atoms with E-state index in [0.717, 1.165) is 0 Å². The lowest BCUT2D eigenvalue weighted by molar-refractivity contribution is -0.143. The van der Waals surface area contributed by atoms with Crippen molar-refractivity contribution >= 4 is 23.6 Å². The Bertz CT molecular complexity index is 869. The third-order valence-electron chi connectivity index (χ3n) is 4.50. The number of benzene rings is 1. The Labute approximate surface area is 163 Å². The van der Waals surface area contributed by atoms with Crippen molar-refractivity contribution in [2.75, 3.05) is 21.3 Å². The molecule has 0 spiro atoms. The van der Waals surface area contributed by atoms with Gasteiger partial charge in [0.1, 0.15) is 5.92 Å². The average Bonchev–Trinajstić information content (AvgIpc) is 2.66. The highest BCUT2D eigenvalue weighted by atomic mass is 16.6. The zero-order valence-electron chi connectivity index (χ0n) is 16.7. The Hall–Kier alpha value is -3.16. The van der Waals surface area contributed by atoms with Gasteiger partial charge in [-0.15, -0.1) is 0 Å². The molecule has 1 aliphatic rings. The number of carbonyl (C=O) groups excluding carboxylic acids is 3. The molecule has 8 heteroatoms. The van der Waals surface area contributed by atoms with Crippen LogP contribution in [-0.4, -0.2) is 44.9 Å². The van der Waals surface area contributed by atoms with E-state index in [4.69, 9.17) is 18.9 Å². The average molecular weight is 389 g/mol. The minimum Gasteiger partial charge on any atom is -0.493 e. The van der Waals surface area contributed by atoms with Crippen molar-refractivity contribution in [3.8, 4) is 11.5 Å². The maximum Gasteiger partial charge on any atom is 0.336 e. The smallest absolute Gasteiger partial charge is 0.336 e. The summed E-state index contributed by atoms with van der Waals surface area (Å²) in [7, 11) is 3.94. The fourth-order valence-corrected chi connectivity index (χ4v) is 3.37. The van der Waals surface area contributed by atoms with Crippen molar-refractivity contribution in [2.45, 2.75) is 26.7 Å². The molecule has 0 N–H and O–H groups in total. The molecular formula is C20H23NO7. The molecule has 1 aromatic rings. The Balaban J connectivity index is 2.83. The van der Waals surface area contributed by atoms with E-state index in [-0.39, 0.29) is 11.3 Å². The Morgan fingerprint density at radius 2 is 1.71 bits per heavy atom. The lowest BCUT2D eigenvalue weighted by atomic mass is 9.75. The van der Waals surface area contributed by atoms with Crippen LogP contribution in [-0.2, 0) is 23.9 Å². The van der Waals surface area contributed by atoms with Gasteiger partial charge in [0, 0.05) is 29.8 Å². The molecule has 0 amide bonds. The fraction of sp³-hybridized carbons (Fsp3) is 0.400. The van der Waals surface area contributed by atoms with Gasteiger partial charge in [-0.2, -0.15) is 0 Å². The summed E-state index contributed by atoms with van der Waals surface area (Å²) in [5.74, 6) is -3.09. The molecule has 8 nitrogen and oxygen atoms in total. The van der Waals surface area contributed by atoms with Crippen molar-refractivity contribution in [1.29, 1.82) is 0 Å². The number of methoxy groups -OCH3 is 3. The van der Waals surface area contributed by atoms with Crippen LogP contribution in [0, 0.1) is 5.92 Å². The summed E-state index contributed by atoms with van der Waals surface area (Å²) in [5, 5.41) is 0. The predicted octanol–water partition coefficient (Wildman–Crippen LogP) is 2.41. The highest BCUT2D eigenvalue weighted by Gasteiger charge is 2.43. The van der Waals surface area contributed by atoms with E-state index in [1.54, 1.807) is 32.0 Å². The molecule has 1 heterocycles. The second-order valence-electron chi connectivity index (χ2n) is 6.19. The molecule has 0 saturated carbocycles. The number of allylic oxidation sites excluding steroid dienone is 1. The summed E-state index contributed by atoms with van der Waals surface area (Å²) in [6.45, 7) is 4.59. The molecule has 0 fully saturated rings. The lowest BCUT2D eigenvalue weighted by Crippen LogP contribution is -2.36. The Kier molecular flexibility index (Phi) is 6.56. The molecule has 28 heavy (non-hydrogen) atoms. The van der Waals surface area contributed by atoms with E-state index in [2.05, 4.69) is 4.99 Å². The number of aliphatic imine (C=N–C) groups is 1. The number of hydrogen-bond acceptors (Lipinski definition) is 8. The summed E-state index contributed by atoms with van der Waals surface area (Å²) in [6.07, 6.45) is 0. The number of nitrogens with zero attached hydrogens (tertiary/aromatic N) is 1. The van der Waals surface area contributed by atoms with E-state index in [1.165, 1.54) is 28.3 Å². The Morgan fingerprint density at radius 3 is 2.25 bits per heavy atom. The third-order valence-corrected chi connectivity index (χ3v) is 4.50. The van der Waals surface area contributed by atoms with Crippen LogP contribution in [0.5, 0.6) is 11.5 Å². The van der Waals surface area contributed by atoms with Gasteiger partial charge >= 0.3 is 17.9 Å². The summed E-state index contributed by atoms with van der Waals surface area (Å²) in [6, 6.07) is 4.96. The van der Waals surface area contributed by atoms with Crippen LogP contribution in [0.25, 0.3) is 0 Å². The molecule has 2 atom stereocenters. The van der Waals surface area contributed by atoms with E-state index < -0.39 is 29.7 Å². The van der Waals surface area contributed by atoms with Crippen LogP contribution >= 0.6 is 0 Å². The second kappa shape index (κ2) is 8.69. The zero-order chi connectivity index (χ0) is 21.0. The van der Waals surface area contributed by atoms with Crippen LogP contribution in [0.4, 0.5) is 0 Å². The first-order valence-electron chi connectivity index (χ1n) is 8.54. The largest absolute Gasteiger partial charge is 0.493 e. The maximum absolute atomic E-state index is 12.6. The SMILES string of the molecule is COC(=O)C1=C(C)N=C(C)C(C(=O)OC)C1c1cccc(OC)c1OC(C)=O. The second-order valence-corrected chi connectivity index (χ2v) is 6.19. The quantitative estimate of drug-likeness (QED) is 0.563. The topological polar surface area (TPSA) is 100 Å². The molecule has 0 aliphatic carbocycles. The van der Waals surface area contributed by atoms with E-state index in [9.17, 15) is 14.4 Å². The van der Waals surface area contributed by atoms with Crippen LogP contribution < -0.4 is 9.47 Å². The molecular weight excluding hydrogens is 366 g/mol. The summed E-state index contributed by atoms with van der Waals surface area (Å²) >= 11 is 0. The monoisotopic (exact) mass is 389 g/mol. The predicted molar refractivity (Wildman–Crippen MR) is 100 cm³/mol. The minimum absolute atomic E-state index is 0.125. The number of hydrogen-bond donors (Lipinski definition) is 0. The standard InChI is InChI=1S/C20H23NO7/c1-10-15(19(23)26-5)17(16(11(2)21-10)20(24)27-6)13-8-7-9-14(25-4)18(13)28-12(3)22/h7-9,15,17H,1-6H3. The van der Waals surface area contributed by atoms with Gasteiger partial charge in [-0.05, 0) is 19.9 Å². The number of ether oxygens (including phenoxy) is 4. The van der Waals surface area contributed by atoms with Crippen molar-refractivity contribution in [1.82, 2.24) is 0 Å². The highest BCUT2D eigenvalue weighted by Crippen LogP contribution is 2.46. The molecule has 2 rings (SSSR count). The molecule has 2 unspecified atom stereocenters. The molecule has 0 radical (unpaired) electrons. The zero-order valence-corrected chi connectivity index (χ0v) is 16.7. The normalized spacial score (nSPS) is 18.9. The van der Waals surface area contributed by atoms with Gasteiger partial charge in [-0.1, -0.05) is 12.1 Å². The van der Waals surface area contributed by atoms with Crippen molar-refractivity contribution < 1.29 is 33.3 Å². The van der Waals surface area contributed by atoms with Gasteiger partial charge in [-0.25, -0.2) is 4.79 Å². The van der Waals surface area contributed by atoms with Crippen molar-refractivity contribution in [3.05, 3.63) is 35.0 Å². The first-order valence-corrected chi connectivity index (χ1v) is 8.54. The van der Waals surface area contributed by atoms with E-state index >= 15 is 0 Å². The molecule has 150 valence electrons. The van der Waals surface area contributed by atoms with Crippen LogP contribution in [0.2, 0.25) is 0 Å². The maximum atomic E-state index is 12.6. The van der Waals surface area contributed by atoms with Crippen LogP contribution in [0.15, 0.2) is 34.5 Å². The summed E-state index contributed by atoms with van der Waals surface area (Å²) in [5.41, 5.74) is 1.48. The van der Waals surface area contributed by atoms with Crippen molar-refractivity contribution in [2.24, 2.45) is 10.9 Å². The Morgan fingerprint density at radius 1 is 1.04 bits per heavy atom. The van der Waals surface area contributed by atoms with Gasteiger partial charge in [0.05, 0.1) is 26.9 Å². The molecule has 0 aromatic heterocycles. The molecule has 0 bridgehead atoms. The first-order chi connectivity index (χ1) is 13.3. The minimum atomic E-state index is -0.899. The lowest BCUT2D eigenvalue weighted by Gasteiger charge is -2.32. The van der Waals surface area contributed by atoms with Gasteiger partial charge in [0.15, 0.2) is 11.5 Å². The molecule has 0 saturated heterocycles. The number of esters is 3. The first kappa shape index (κ1) is 21.1. The number of para-hydroxylation sites is 1.